The number of pyridine rings is 1. The third kappa shape index (κ3) is 3.24. The topological polar surface area (TPSA) is 10.4 Å². The molecule has 0 fully saturated rings. The predicted molar refractivity (Wildman–Crippen MR) is 153 cm³/mol. The van der Waals surface area contributed by atoms with Gasteiger partial charge >= 0.3 is 0 Å². The van der Waals surface area contributed by atoms with E-state index in [1.807, 2.05) is 12.1 Å². The molecule has 3 atom stereocenters. The lowest BCUT2D eigenvalue weighted by Crippen LogP contribution is -2.53. The molecule has 8 rings (SSSR count). The maximum atomic E-state index is 15.0. The first-order valence-corrected chi connectivity index (χ1v) is 14.0. The largest absolute Gasteiger partial charge is 0.352 e. The third-order valence-electron chi connectivity index (χ3n) is 9.37. The lowest BCUT2D eigenvalue weighted by molar-refractivity contribution is -0.573. The van der Waals surface area contributed by atoms with Crippen molar-refractivity contribution in [2.45, 2.75) is 44.3 Å². The van der Waals surface area contributed by atoms with Crippen LogP contribution in [-0.4, -0.2) is 22.4 Å². The summed E-state index contributed by atoms with van der Waals surface area (Å²) in [4.78, 5) is 5.04. The summed E-state index contributed by atoms with van der Waals surface area (Å²) in [5.41, 5.74) is 12.1. The van der Waals surface area contributed by atoms with Crippen LogP contribution >= 0.6 is 0 Å². The Balaban J connectivity index is 1.42. The van der Waals surface area contributed by atoms with Gasteiger partial charge in [0.2, 0.25) is 11.4 Å². The van der Waals surface area contributed by atoms with Gasteiger partial charge in [0.05, 0.1) is 11.1 Å². The van der Waals surface area contributed by atoms with Gasteiger partial charge in [0, 0.05) is 36.5 Å². The van der Waals surface area contributed by atoms with Gasteiger partial charge in [0.1, 0.15) is 18.0 Å². The van der Waals surface area contributed by atoms with Crippen LogP contribution < -0.4 is 4.57 Å². The fourth-order valence-electron chi connectivity index (χ4n) is 7.65. The average Bonchev–Trinajstić information content (AvgIpc) is 3.41. The number of fused-ring (bicyclic) bond motifs is 6. The van der Waals surface area contributed by atoms with Gasteiger partial charge in [-0.3, -0.25) is 0 Å². The number of hydrogen-bond acceptors (Lipinski definition) is 2. The molecule has 4 heteroatoms. The number of aromatic nitrogens is 1. The molecule has 4 aromatic rings. The summed E-state index contributed by atoms with van der Waals surface area (Å²) in [6, 6.07) is 25.0. The molecular formula is C35H31FN3+. The van der Waals surface area contributed by atoms with Gasteiger partial charge in [0.15, 0.2) is 6.20 Å². The van der Waals surface area contributed by atoms with Gasteiger partial charge in [0.25, 0.3) is 0 Å². The zero-order chi connectivity index (χ0) is 26.2. The van der Waals surface area contributed by atoms with E-state index in [-0.39, 0.29) is 23.9 Å². The molecule has 0 radical (unpaired) electrons. The molecule has 0 amide bonds. The van der Waals surface area contributed by atoms with Crippen LogP contribution in [0.25, 0.3) is 28.1 Å². The Labute approximate surface area is 229 Å². The fourth-order valence-corrected chi connectivity index (χ4v) is 7.65. The second kappa shape index (κ2) is 8.41. The van der Waals surface area contributed by atoms with Crippen molar-refractivity contribution in [1.29, 1.82) is 0 Å². The van der Waals surface area contributed by atoms with E-state index in [0.717, 1.165) is 53.9 Å². The SMILES string of the molecule is C=C1C2C(CCc3ccc(F)cc3-c3c(-c4ccccc4)c(C)cc[n+]31)c1cccc3c1C1N(C=CN21)CC3. The Hall–Kier alpha value is -4.18. The van der Waals surface area contributed by atoms with Crippen LogP contribution in [0.2, 0.25) is 0 Å². The molecule has 0 aliphatic carbocycles. The van der Waals surface area contributed by atoms with E-state index < -0.39 is 0 Å². The molecule has 0 saturated carbocycles. The lowest BCUT2D eigenvalue weighted by Gasteiger charge is -2.48. The van der Waals surface area contributed by atoms with E-state index in [2.05, 4.69) is 88.4 Å². The van der Waals surface area contributed by atoms with E-state index in [9.17, 15) is 4.39 Å². The minimum atomic E-state index is -0.206. The van der Waals surface area contributed by atoms with Crippen LogP contribution in [-0.2, 0) is 12.8 Å². The van der Waals surface area contributed by atoms with Crippen LogP contribution in [0.4, 0.5) is 4.39 Å². The van der Waals surface area contributed by atoms with E-state index in [4.69, 9.17) is 6.58 Å². The number of halogens is 1. The number of benzene rings is 3. The van der Waals surface area contributed by atoms with E-state index in [1.165, 1.54) is 27.8 Å². The summed E-state index contributed by atoms with van der Waals surface area (Å²) in [6.45, 7) is 8.00. The summed E-state index contributed by atoms with van der Waals surface area (Å²) < 4.78 is 17.2. The number of aryl methyl sites for hydroxylation is 2. The van der Waals surface area contributed by atoms with Gasteiger partial charge in [-0.2, -0.15) is 4.57 Å². The van der Waals surface area contributed by atoms with E-state index >= 15 is 0 Å². The number of hydrogen-bond donors (Lipinski definition) is 0. The second-order valence-electron chi connectivity index (χ2n) is 11.4. The second-order valence-corrected chi connectivity index (χ2v) is 11.4. The molecule has 0 bridgehead atoms. The van der Waals surface area contributed by atoms with Gasteiger partial charge in [-0.15, -0.1) is 0 Å². The number of rotatable bonds is 1. The first kappa shape index (κ1) is 22.8. The Bertz CT molecular complexity index is 1690. The van der Waals surface area contributed by atoms with Crippen molar-refractivity contribution >= 4 is 5.70 Å². The molecule has 0 saturated heterocycles. The smallest absolute Gasteiger partial charge is 0.226 e. The molecule has 3 aromatic carbocycles. The Kier molecular flexibility index (Phi) is 4.91. The minimum Gasteiger partial charge on any atom is -0.352 e. The maximum Gasteiger partial charge on any atom is 0.226 e. The molecule has 3 nitrogen and oxygen atoms in total. The van der Waals surface area contributed by atoms with Crippen LogP contribution in [0.1, 0.15) is 46.3 Å². The standard InChI is InChI=1S/C35H31FN3/c1-22-15-18-38-23(2)33-29(28-10-6-9-26-16-17-37-19-20-39(33)35(37)32(26)28)14-12-24-11-13-27(36)21-30(24)34(38)31(22)25-7-4-3-5-8-25/h3-11,13,15,18-21,29,33,35H,2,12,14,16-17H2,1H3/q+1. The first-order valence-electron chi connectivity index (χ1n) is 14.0. The van der Waals surface area contributed by atoms with Crippen LogP contribution in [0.3, 0.4) is 0 Å². The van der Waals surface area contributed by atoms with Gasteiger partial charge in [-0.05, 0) is 72.7 Å². The van der Waals surface area contributed by atoms with E-state index in [0.29, 0.717) is 0 Å². The Morgan fingerprint density at radius 1 is 0.923 bits per heavy atom. The zero-order valence-electron chi connectivity index (χ0n) is 22.1. The maximum absolute atomic E-state index is 15.0. The van der Waals surface area contributed by atoms with Crippen molar-refractivity contribution in [2.75, 3.05) is 6.54 Å². The molecule has 5 heterocycles. The molecule has 192 valence electrons. The fraction of sp³-hybridized carbons (Fsp3) is 0.229. The lowest BCUT2D eigenvalue weighted by atomic mass is 9.75. The van der Waals surface area contributed by atoms with Gasteiger partial charge in [-0.25, -0.2) is 4.39 Å². The molecule has 3 unspecified atom stereocenters. The van der Waals surface area contributed by atoms with Crippen LogP contribution in [0, 0.1) is 12.7 Å². The molecule has 0 N–H and O–H groups in total. The van der Waals surface area contributed by atoms with Crippen molar-refractivity contribution in [3.05, 3.63) is 132 Å². The highest BCUT2D eigenvalue weighted by Gasteiger charge is 2.50. The normalized spacial score (nSPS) is 22.3. The summed E-state index contributed by atoms with van der Waals surface area (Å²) in [5.74, 6) is 0.0754. The summed E-state index contributed by atoms with van der Waals surface area (Å²) >= 11 is 0. The Morgan fingerprint density at radius 3 is 2.67 bits per heavy atom. The average molecular weight is 513 g/mol. The molecule has 1 aromatic heterocycles. The van der Waals surface area contributed by atoms with Crippen LogP contribution in [0.5, 0.6) is 0 Å². The molecule has 4 aliphatic rings. The van der Waals surface area contributed by atoms with E-state index in [1.54, 1.807) is 12.1 Å². The van der Waals surface area contributed by atoms with Crippen molar-refractivity contribution in [3.63, 3.8) is 0 Å². The van der Waals surface area contributed by atoms with Crippen LogP contribution in [0.15, 0.2) is 98.0 Å². The van der Waals surface area contributed by atoms with Gasteiger partial charge < -0.3 is 9.80 Å². The zero-order valence-corrected chi connectivity index (χ0v) is 22.1. The quantitative estimate of drug-likeness (QED) is 0.255. The van der Waals surface area contributed by atoms with Crippen molar-refractivity contribution < 1.29 is 8.96 Å². The molecule has 0 spiro atoms. The monoisotopic (exact) mass is 512 g/mol. The summed E-state index contributed by atoms with van der Waals surface area (Å²) in [5, 5.41) is 0. The summed E-state index contributed by atoms with van der Waals surface area (Å²) in [7, 11) is 0. The highest BCUT2D eigenvalue weighted by molar-refractivity contribution is 5.83. The minimum absolute atomic E-state index is 0.0892. The van der Waals surface area contributed by atoms with Crippen molar-refractivity contribution in [3.8, 4) is 22.4 Å². The highest BCUT2D eigenvalue weighted by atomic mass is 19.1. The molecule has 39 heavy (non-hydrogen) atoms. The number of nitrogens with zero attached hydrogens (tertiary/aromatic N) is 3. The van der Waals surface area contributed by atoms with Crippen molar-refractivity contribution in [2.24, 2.45) is 0 Å². The molecular weight excluding hydrogens is 481 g/mol. The van der Waals surface area contributed by atoms with Gasteiger partial charge in [-0.1, -0.05) is 54.6 Å². The highest BCUT2D eigenvalue weighted by Crippen LogP contribution is 2.52. The first-order chi connectivity index (χ1) is 19.1. The Morgan fingerprint density at radius 2 is 1.79 bits per heavy atom. The van der Waals surface area contributed by atoms with Crippen molar-refractivity contribution in [1.82, 2.24) is 9.80 Å². The summed E-state index contributed by atoms with van der Waals surface area (Å²) in [6.07, 6.45) is 9.86. The predicted octanol–water partition coefficient (Wildman–Crippen LogP) is 6.98. The molecule has 4 aliphatic heterocycles. The third-order valence-corrected chi connectivity index (χ3v) is 9.37.